The summed E-state index contributed by atoms with van der Waals surface area (Å²) in [6.07, 6.45) is 2.82. The first kappa shape index (κ1) is 15.1. The lowest BCUT2D eigenvalue weighted by Gasteiger charge is -2.22. The number of anilines is 2. The summed E-state index contributed by atoms with van der Waals surface area (Å²) in [5.74, 6) is 0. The van der Waals surface area contributed by atoms with E-state index in [1.165, 1.54) is 11.1 Å². The highest BCUT2D eigenvalue weighted by molar-refractivity contribution is 5.99. The second-order valence-electron chi connectivity index (χ2n) is 5.75. The molecule has 23 heavy (non-hydrogen) atoms. The largest absolute Gasteiger partial charge is 0.327 e. The number of nitrogens with zero attached hydrogens (tertiary/aromatic N) is 1. The number of hydrogen-bond acceptors (Lipinski definition) is 3. The molecule has 0 fully saturated rings. The first-order chi connectivity index (χ1) is 11.1. The molecular weight excluding hydrogens is 288 g/mol. The minimum Gasteiger partial charge on any atom is -0.327 e. The minimum absolute atomic E-state index is 0.237. The lowest BCUT2D eigenvalue weighted by molar-refractivity contribution is 0.262. The summed E-state index contributed by atoms with van der Waals surface area (Å²) in [7, 11) is 0. The Kier molecular flexibility index (Phi) is 4.26. The van der Waals surface area contributed by atoms with Gasteiger partial charge in [0.2, 0.25) is 0 Å². The molecule has 5 nitrogen and oxygen atoms in total. The van der Waals surface area contributed by atoms with Crippen LogP contribution in [0, 0.1) is 11.3 Å². The zero-order valence-corrected chi connectivity index (χ0v) is 12.7. The van der Waals surface area contributed by atoms with Gasteiger partial charge in [0.15, 0.2) is 0 Å². The zero-order valence-electron chi connectivity index (χ0n) is 12.7. The van der Waals surface area contributed by atoms with Crippen molar-refractivity contribution in [1.29, 1.82) is 5.26 Å². The minimum atomic E-state index is -0.304. The summed E-state index contributed by atoms with van der Waals surface area (Å²) in [6, 6.07) is 14.7. The molecule has 0 heterocycles. The third-order valence-corrected chi connectivity index (χ3v) is 4.00. The fraction of sp³-hybridized carbons (Fsp3) is 0.222. The molecule has 0 aromatic heterocycles. The van der Waals surface area contributed by atoms with Crippen LogP contribution < -0.4 is 16.4 Å². The number of fused-ring (bicyclic) bond motifs is 1. The van der Waals surface area contributed by atoms with Crippen LogP contribution in [-0.4, -0.2) is 12.1 Å². The van der Waals surface area contributed by atoms with E-state index in [1.807, 2.05) is 24.3 Å². The smallest absolute Gasteiger partial charge is 0.323 e. The number of urea groups is 1. The predicted molar refractivity (Wildman–Crippen MR) is 90.2 cm³/mol. The van der Waals surface area contributed by atoms with Crippen molar-refractivity contribution >= 4 is 17.4 Å². The van der Waals surface area contributed by atoms with Crippen LogP contribution in [-0.2, 0) is 12.8 Å². The Morgan fingerprint density at radius 1 is 1.09 bits per heavy atom. The summed E-state index contributed by atoms with van der Waals surface area (Å²) in [6.45, 7) is 0. The number of hydrogen-bond donors (Lipinski definition) is 3. The molecule has 1 aliphatic carbocycles. The van der Waals surface area contributed by atoms with E-state index in [9.17, 15) is 4.79 Å². The molecule has 4 N–H and O–H groups in total. The van der Waals surface area contributed by atoms with Crippen LogP contribution in [0.25, 0.3) is 0 Å². The van der Waals surface area contributed by atoms with E-state index < -0.39 is 0 Å². The second-order valence-corrected chi connectivity index (χ2v) is 5.75. The van der Waals surface area contributed by atoms with Crippen molar-refractivity contribution in [3.8, 4) is 6.07 Å². The molecule has 1 unspecified atom stereocenters. The number of carbonyl (C=O) groups excluding carboxylic acids is 1. The molecule has 0 aliphatic heterocycles. The predicted octanol–water partition coefficient (Wildman–Crippen LogP) is 3.02. The average Bonchev–Trinajstić information content (AvgIpc) is 2.55. The number of nitrogens with one attached hydrogen (secondary N) is 2. The second kappa shape index (κ2) is 6.51. The lowest BCUT2D eigenvalue weighted by Crippen LogP contribution is -2.28. The summed E-state index contributed by atoms with van der Waals surface area (Å²) in [4.78, 5) is 12.0. The lowest BCUT2D eigenvalue weighted by atomic mass is 9.88. The Labute approximate surface area is 135 Å². The number of benzene rings is 2. The molecule has 0 saturated carbocycles. The van der Waals surface area contributed by atoms with E-state index in [-0.39, 0.29) is 12.1 Å². The fourth-order valence-corrected chi connectivity index (χ4v) is 2.78. The summed E-state index contributed by atoms with van der Waals surface area (Å²) < 4.78 is 0. The van der Waals surface area contributed by atoms with Crippen molar-refractivity contribution in [3.63, 3.8) is 0 Å². The normalized spacial score (nSPS) is 16.1. The highest BCUT2D eigenvalue weighted by atomic mass is 16.2. The van der Waals surface area contributed by atoms with Crippen molar-refractivity contribution < 1.29 is 4.79 Å². The van der Waals surface area contributed by atoms with Gasteiger partial charge in [0.05, 0.1) is 11.6 Å². The summed E-state index contributed by atoms with van der Waals surface area (Å²) in [5.41, 5.74) is 10.5. The monoisotopic (exact) mass is 306 g/mol. The molecule has 116 valence electrons. The van der Waals surface area contributed by atoms with Gasteiger partial charge < -0.3 is 16.4 Å². The molecule has 0 radical (unpaired) electrons. The van der Waals surface area contributed by atoms with Gasteiger partial charge >= 0.3 is 6.03 Å². The Hall–Kier alpha value is -2.84. The zero-order chi connectivity index (χ0) is 16.2. The van der Waals surface area contributed by atoms with E-state index in [0.29, 0.717) is 11.3 Å². The number of nitriles is 1. The van der Waals surface area contributed by atoms with Crippen LogP contribution in [0.3, 0.4) is 0 Å². The maximum atomic E-state index is 12.0. The molecule has 2 amide bonds. The Morgan fingerprint density at radius 2 is 1.78 bits per heavy atom. The van der Waals surface area contributed by atoms with Gasteiger partial charge in [0, 0.05) is 17.4 Å². The first-order valence-electron chi connectivity index (χ1n) is 7.59. The van der Waals surface area contributed by atoms with E-state index >= 15 is 0 Å². The SMILES string of the molecule is N#Cc1ccc(NC(=O)Nc2ccc3c(c2)CCC(N)C3)cc1. The van der Waals surface area contributed by atoms with Crippen molar-refractivity contribution in [2.75, 3.05) is 10.6 Å². The van der Waals surface area contributed by atoms with Gasteiger partial charge in [-0.25, -0.2) is 4.79 Å². The van der Waals surface area contributed by atoms with Crippen LogP contribution in [0.5, 0.6) is 0 Å². The quantitative estimate of drug-likeness (QED) is 0.796. The van der Waals surface area contributed by atoms with Crippen molar-refractivity contribution in [3.05, 3.63) is 59.2 Å². The maximum absolute atomic E-state index is 12.0. The van der Waals surface area contributed by atoms with Gasteiger partial charge in [-0.15, -0.1) is 0 Å². The van der Waals surface area contributed by atoms with Gasteiger partial charge in [0.25, 0.3) is 0 Å². The summed E-state index contributed by atoms with van der Waals surface area (Å²) >= 11 is 0. The number of rotatable bonds is 2. The molecule has 2 aromatic carbocycles. The van der Waals surface area contributed by atoms with Crippen molar-refractivity contribution in [2.24, 2.45) is 5.73 Å². The molecule has 2 aromatic rings. The topological polar surface area (TPSA) is 90.9 Å². The number of carbonyl (C=O) groups is 1. The van der Waals surface area contributed by atoms with Gasteiger partial charge in [-0.2, -0.15) is 5.26 Å². The molecule has 0 spiro atoms. The molecule has 0 saturated heterocycles. The van der Waals surface area contributed by atoms with Crippen LogP contribution in [0.4, 0.5) is 16.2 Å². The molecule has 3 rings (SSSR count). The van der Waals surface area contributed by atoms with Crippen LogP contribution in [0.15, 0.2) is 42.5 Å². The first-order valence-corrected chi connectivity index (χ1v) is 7.59. The van der Waals surface area contributed by atoms with Crippen molar-refractivity contribution in [1.82, 2.24) is 0 Å². The van der Waals surface area contributed by atoms with Gasteiger partial charge in [0.1, 0.15) is 0 Å². The number of amides is 2. The van der Waals surface area contributed by atoms with Crippen LogP contribution >= 0.6 is 0 Å². The molecule has 0 bridgehead atoms. The fourth-order valence-electron chi connectivity index (χ4n) is 2.78. The molecular formula is C18H18N4O. The van der Waals surface area contributed by atoms with E-state index in [1.54, 1.807) is 24.3 Å². The third-order valence-electron chi connectivity index (χ3n) is 4.00. The van der Waals surface area contributed by atoms with Crippen LogP contribution in [0.1, 0.15) is 23.1 Å². The van der Waals surface area contributed by atoms with Gasteiger partial charge in [-0.3, -0.25) is 0 Å². The number of aryl methyl sites for hydroxylation is 1. The van der Waals surface area contributed by atoms with Gasteiger partial charge in [-0.05, 0) is 66.8 Å². The Bertz CT molecular complexity index is 762. The molecule has 1 atom stereocenters. The average molecular weight is 306 g/mol. The highest BCUT2D eigenvalue weighted by Crippen LogP contribution is 2.24. The third kappa shape index (κ3) is 3.68. The molecule has 5 heteroatoms. The standard InChI is InChI=1S/C18H18N4O/c19-11-12-1-6-16(7-2-12)21-18(23)22-17-8-4-13-9-15(20)5-3-14(13)10-17/h1-2,4,6-8,10,15H,3,5,9,20H2,(H2,21,22,23). The number of nitrogens with two attached hydrogens (primary N) is 1. The molecule has 1 aliphatic rings. The maximum Gasteiger partial charge on any atom is 0.323 e. The van der Waals surface area contributed by atoms with Crippen molar-refractivity contribution in [2.45, 2.75) is 25.3 Å². The summed E-state index contributed by atoms with van der Waals surface area (Å²) in [5, 5.41) is 14.3. The van der Waals surface area contributed by atoms with E-state index in [0.717, 1.165) is 24.9 Å². The van der Waals surface area contributed by atoms with Gasteiger partial charge in [-0.1, -0.05) is 6.07 Å². The van der Waals surface area contributed by atoms with Crippen LogP contribution in [0.2, 0.25) is 0 Å². The van der Waals surface area contributed by atoms with E-state index in [4.69, 9.17) is 11.0 Å². The Balaban J connectivity index is 1.64. The van der Waals surface area contributed by atoms with E-state index in [2.05, 4.69) is 10.6 Å². The highest BCUT2D eigenvalue weighted by Gasteiger charge is 2.15. The Morgan fingerprint density at radius 3 is 2.52 bits per heavy atom.